The molecule has 2 unspecified atom stereocenters. The zero-order valence-electron chi connectivity index (χ0n) is 10.1. The van der Waals surface area contributed by atoms with E-state index in [0.717, 1.165) is 19.5 Å². The summed E-state index contributed by atoms with van der Waals surface area (Å²) in [6, 6.07) is 0. The van der Waals surface area contributed by atoms with Crippen LogP contribution in [-0.2, 0) is 14.3 Å². The van der Waals surface area contributed by atoms with E-state index in [4.69, 9.17) is 9.47 Å². The van der Waals surface area contributed by atoms with Gasteiger partial charge in [-0.05, 0) is 13.3 Å². The van der Waals surface area contributed by atoms with Crippen molar-refractivity contribution in [2.24, 2.45) is 0 Å². The molecule has 5 heteroatoms. The van der Waals surface area contributed by atoms with Gasteiger partial charge >= 0.3 is 0 Å². The van der Waals surface area contributed by atoms with E-state index in [2.05, 4.69) is 10.6 Å². The van der Waals surface area contributed by atoms with Gasteiger partial charge in [-0.3, -0.25) is 4.79 Å². The van der Waals surface area contributed by atoms with Crippen molar-refractivity contribution >= 4 is 5.91 Å². The van der Waals surface area contributed by atoms with Gasteiger partial charge in [0.1, 0.15) is 6.10 Å². The lowest BCUT2D eigenvalue weighted by Gasteiger charge is -2.24. The molecule has 1 rings (SSSR count). The Balaban J connectivity index is 2.12. The molecule has 1 aliphatic heterocycles. The Hall–Kier alpha value is -0.650. The summed E-state index contributed by atoms with van der Waals surface area (Å²) in [4.78, 5) is 11.5. The number of rotatable bonds is 6. The van der Waals surface area contributed by atoms with Crippen molar-refractivity contribution in [2.45, 2.75) is 32.5 Å². The lowest BCUT2D eigenvalue weighted by Crippen LogP contribution is -2.43. The standard InChI is InChI=1S/C11H22N2O3/c1-3-4-13-11(14)9(2)16-8-10-7-12-5-6-15-10/h9-10,12H,3-8H2,1-2H3,(H,13,14). The number of carbonyl (C=O) groups is 1. The Kier molecular flexibility index (Phi) is 6.37. The first-order valence-corrected chi connectivity index (χ1v) is 5.95. The number of nitrogens with one attached hydrogen (secondary N) is 2. The van der Waals surface area contributed by atoms with Gasteiger partial charge in [0.25, 0.3) is 0 Å². The third-order valence-corrected chi connectivity index (χ3v) is 2.45. The van der Waals surface area contributed by atoms with Gasteiger partial charge < -0.3 is 20.1 Å². The summed E-state index contributed by atoms with van der Waals surface area (Å²) in [5.41, 5.74) is 0. The van der Waals surface area contributed by atoms with E-state index in [1.807, 2.05) is 6.92 Å². The van der Waals surface area contributed by atoms with Crippen LogP contribution in [-0.4, -0.2) is 51.0 Å². The fourth-order valence-electron chi connectivity index (χ4n) is 1.45. The molecule has 0 aliphatic carbocycles. The molecule has 0 aromatic rings. The van der Waals surface area contributed by atoms with Crippen LogP contribution in [0.15, 0.2) is 0 Å². The van der Waals surface area contributed by atoms with E-state index in [1.54, 1.807) is 6.92 Å². The predicted molar refractivity (Wildman–Crippen MR) is 61.3 cm³/mol. The zero-order valence-corrected chi connectivity index (χ0v) is 10.1. The van der Waals surface area contributed by atoms with Gasteiger partial charge in [0, 0.05) is 19.6 Å². The summed E-state index contributed by atoms with van der Waals surface area (Å²) < 4.78 is 10.9. The van der Waals surface area contributed by atoms with Gasteiger partial charge in [-0.15, -0.1) is 0 Å². The average molecular weight is 230 g/mol. The maximum absolute atomic E-state index is 11.5. The molecule has 0 bridgehead atoms. The van der Waals surface area contributed by atoms with Gasteiger partial charge in [0.15, 0.2) is 0 Å². The number of morpholine rings is 1. The molecule has 0 saturated carbocycles. The second kappa shape index (κ2) is 7.60. The minimum atomic E-state index is -0.405. The second-order valence-electron chi connectivity index (χ2n) is 3.96. The maximum atomic E-state index is 11.5. The van der Waals surface area contributed by atoms with Crippen LogP contribution < -0.4 is 10.6 Å². The Bertz CT molecular complexity index is 205. The first-order chi connectivity index (χ1) is 7.74. The van der Waals surface area contributed by atoms with Gasteiger partial charge in [0.05, 0.1) is 19.3 Å². The summed E-state index contributed by atoms with van der Waals surface area (Å²) in [5.74, 6) is -0.0504. The van der Waals surface area contributed by atoms with Crippen LogP contribution >= 0.6 is 0 Å². The monoisotopic (exact) mass is 230 g/mol. The van der Waals surface area contributed by atoms with E-state index in [-0.39, 0.29) is 12.0 Å². The van der Waals surface area contributed by atoms with E-state index >= 15 is 0 Å². The van der Waals surface area contributed by atoms with E-state index in [0.29, 0.717) is 19.8 Å². The Labute approximate surface area is 96.9 Å². The molecule has 2 N–H and O–H groups in total. The van der Waals surface area contributed by atoms with Gasteiger partial charge in [-0.25, -0.2) is 0 Å². The number of hydrogen-bond donors (Lipinski definition) is 2. The first-order valence-electron chi connectivity index (χ1n) is 5.95. The molecule has 94 valence electrons. The molecule has 5 nitrogen and oxygen atoms in total. The summed E-state index contributed by atoms with van der Waals surface area (Å²) in [5, 5.41) is 6.02. The van der Waals surface area contributed by atoms with E-state index < -0.39 is 6.10 Å². The number of hydrogen-bond acceptors (Lipinski definition) is 4. The van der Waals surface area contributed by atoms with Crippen molar-refractivity contribution in [2.75, 3.05) is 32.8 Å². The van der Waals surface area contributed by atoms with Crippen molar-refractivity contribution in [1.82, 2.24) is 10.6 Å². The molecule has 1 aliphatic rings. The molecular formula is C11H22N2O3. The average Bonchev–Trinajstić information content (AvgIpc) is 2.34. The van der Waals surface area contributed by atoms with Crippen LogP contribution in [0.3, 0.4) is 0 Å². The normalized spacial score (nSPS) is 22.8. The van der Waals surface area contributed by atoms with Crippen LogP contribution in [0.5, 0.6) is 0 Å². The molecule has 1 amide bonds. The Morgan fingerprint density at radius 1 is 1.69 bits per heavy atom. The minimum absolute atomic E-state index is 0.0504. The molecule has 1 saturated heterocycles. The maximum Gasteiger partial charge on any atom is 0.248 e. The zero-order chi connectivity index (χ0) is 11.8. The summed E-state index contributed by atoms with van der Waals surface area (Å²) in [7, 11) is 0. The molecule has 2 atom stereocenters. The third-order valence-electron chi connectivity index (χ3n) is 2.45. The van der Waals surface area contributed by atoms with Crippen molar-refractivity contribution < 1.29 is 14.3 Å². The molecule has 0 radical (unpaired) electrons. The molecular weight excluding hydrogens is 208 g/mol. The highest BCUT2D eigenvalue weighted by Crippen LogP contribution is 2.00. The lowest BCUT2D eigenvalue weighted by molar-refractivity contribution is -0.135. The highest BCUT2D eigenvalue weighted by molar-refractivity contribution is 5.80. The smallest absolute Gasteiger partial charge is 0.248 e. The van der Waals surface area contributed by atoms with Crippen LogP contribution in [0.1, 0.15) is 20.3 Å². The molecule has 0 spiro atoms. The van der Waals surface area contributed by atoms with Crippen molar-refractivity contribution in [1.29, 1.82) is 0 Å². The largest absolute Gasteiger partial charge is 0.373 e. The summed E-state index contributed by atoms with van der Waals surface area (Å²) in [6.07, 6.45) is 0.598. The second-order valence-corrected chi connectivity index (χ2v) is 3.96. The predicted octanol–water partition coefficient (Wildman–Crippen LogP) is -0.0939. The third kappa shape index (κ3) is 4.92. The number of amides is 1. The number of carbonyl (C=O) groups excluding carboxylic acids is 1. The van der Waals surface area contributed by atoms with E-state index in [1.165, 1.54) is 0 Å². The van der Waals surface area contributed by atoms with Crippen LogP contribution in [0.25, 0.3) is 0 Å². The van der Waals surface area contributed by atoms with Crippen LogP contribution in [0, 0.1) is 0 Å². The number of ether oxygens (including phenoxy) is 2. The molecule has 1 fully saturated rings. The highest BCUT2D eigenvalue weighted by atomic mass is 16.5. The quantitative estimate of drug-likeness (QED) is 0.669. The molecule has 0 aromatic carbocycles. The summed E-state index contributed by atoms with van der Waals surface area (Å²) in [6.45, 7) is 7.35. The summed E-state index contributed by atoms with van der Waals surface area (Å²) >= 11 is 0. The lowest BCUT2D eigenvalue weighted by atomic mass is 10.3. The molecule has 0 aromatic heterocycles. The minimum Gasteiger partial charge on any atom is -0.373 e. The fraction of sp³-hybridized carbons (Fsp3) is 0.909. The SMILES string of the molecule is CCCNC(=O)C(C)OCC1CNCCO1. The van der Waals surface area contributed by atoms with Crippen molar-refractivity contribution in [3.8, 4) is 0 Å². The molecule has 16 heavy (non-hydrogen) atoms. The fourth-order valence-corrected chi connectivity index (χ4v) is 1.45. The van der Waals surface area contributed by atoms with Crippen molar-refractivity contribution in [3.05, 3.63) is 0 Å². The van der Waals surface area contributed by atoms with Crippen LogP contribution in [0.4, 0.5) is 0 Å². The first kappa shape index (κ1) is 13.4. The van der Waals surface area contributed by atoms with Crippen LogP contribution in [0.2, 0.25) is 0 Å². The van der Waals surface area contributed by atoms with Gasteiger partial charge in [-0.1, -0.05) is 6.92 Å². The Morgan fingerprint density at radius 3 is 3.12 bits per heavy atom. The van der Waals surface area contributed by atoms with Crippen molar-refractivity contribution in [3.63, 3.8) is 0 Å². The van der Waals surface area contributed by atoms with Gasteiger partial charge in [0.2, 0.25) is 5.91 Å². The Morgan fingerprint density at radius 2 is 2.50 bits per heavy atom. The highest BCUT2D eigenvalue weighted by Gasteiger charge is 2.18. The van der Waals surface area contributed by atoms with Gasteiger partial charge in [-0.2, -0.15) is 0 Å². The van der Waals surface area contributed by atoms with E-state index in [9.17, 15) is 4.79 Å². The topological polar surface area (TPSA) is 59.6 Å². The molecule has 1 heterocycles.